The summed E-state index contributed by atoms with van der Waals surface area (Å²) in [5.74, 6) is 0.863. The van der Waals surface area contributed by atoms with Crippen LogP contribution in [0.15, 0.2) is 18.3 Å². The van der Waals surface area contributed by atoms with Crippen molar-refractivity contribution in [3.05, 3.63) is 23.9 Å². The predicted molar refractivity (Wildman–Crippen MR) is 65.6 cm³/mol. The summed E-state index contributed by atoms with van der Waals surface area (Å²) in [4.78, 5) is 6.56. The average molecular weight is 231 g/mol. The van der Waals surface area contributed by atoms with Crippen LogP contribution in [0, 0.1) is 11.3 Å². The SMILES string of the molecule is N#Cc1ccnc(N(CCCO)C2CCC2)c1. The minimum atomic E-state index is 0.196. The van der Waals surface area contributed by atoms with E-state index in [4.69, 9.17) is 10.4 Å². The van der Waals surface area contributed by atoms with Crippen LogP contribution < -0.4 is 4.90 Å². The Balaban J connectivity index is 2.15. The third-order valence-electron chi connectivity index (χ3n) is 3.24. The molecule has 0 saturated heterocycles. The molecule has 0 atom stereocenters. The summed E-state index contributed by atoms with van der Waals surface area (Å²) in [7, 11) is 0. The number of anilines is 1. The number of hydrogen-bond acceptors (Lipinski definition) is 4. The smallest absolute Gasteiger partial charge is 0.130 e. The molecule has 17 heavy (non-hydrogen) atoms. The van der Waals surface area contributed by atoms with Gasteiger partial charge in [-0.15, -0.1) is 0 Å². The maximum absolute atomic E-state index is 8.94. The Morgan fingerprint density at radius 2 is 2.35 bits per heavy atom. The minimum absolute atomic E-state index is 0.196. The van der Waals surface area contributed by atoms with E-state index in [0.717, 1.165) is 18.8 Å². The lowest BCUT2D eigenvalue weighted by Gasteiger charge is -2.38. The molecular formula is C13H17N3O. The van der Waals surface area contributed by atoms with Crippen LogP contribution in [-0.4, -0.2) is 29.3 Å². The Labute approximate surface area is 102 Å². The number of rotatable bonds is 5. The van der Waals surface area contributed by atoms with Crippen LogP contribution in [-0.2, 0) is 0 Å². The number of hydrogen-bond donors (Lipinski definition) is 1. The van der Waals surface area contributed by atoms with E-state index in [0.29, 0.717) is 11.6 Å². The highest BCUT2D eigenvalue weighted by Crippen LogP contribution is 2.28. The van der Waals surface area contributed by atoms with Gasteiger partial charge in [0.25, 0.3) is 0 Å². The topological polar surface area (TPSA) is 60.2 Å². The van der Waals surface area contributed by atoms with Crippen molar-refractivity contribution in [1.29, 1.82) is 5.26 Å². The first-order chi connectivity index (χ1) is 8.35. The normalized spacial score (nSPS) is 15.1. The molecule has 4 nitrogen and oxygen atoms in total. The van der Waals surface area contributed by atoms with Crippen LogP contribution in [0.2, 0.25) is 0 Å². The summed E-state index contributed by atoms with van der Waals surface area (Å²) in [6.07, 6.45) is 6.06. The summed E-state index contributed by atoms with van der Waals surface area (Å²) < 4.78 is 0. The van der Waals surface area contributed by atoms with Crippen molar-refractivity contribution in [1.82, 2.24) is 4.98 Å². The number of aliphatic hydroxyl groups excluding tert-OH is 1. The fourth-order valence-electron chi connectivity index (χ4n) is 2.07. The Hall–Kier alpha value is -1.60. The van der Waals surface area contributed by atoms with Crippen LogP contribution >= 0.6 is 0 Å². The molecule has 0 spiro atoms. The van der Waals surface area contributed by atoms with Crippen LogP contribution in [0.5, 0.6) is 0 Å². The van der Waals surface area contributed by atoms with Gasteiger partial charge in [-0.1, -0.05) is 0 Å². The molecule has 1 aliphatic carbocycles. The lowest BCUT2D eigenvalue weighted by molar-refractivity contribution is 0.282. The number of pyridine rings is 1. The lowest BCUT2D eigenvalue weighted by atomic mass is 9.91. The van der Waals surface area contributed by atoms with Gasteiger partial charge in [0.2, 0.25) is 0 Å². The lowest BCUT2D eigenvalue weighted by Crippen LogP contribution is -2.41. The first-order valence-corrected chi connectivity index (χ1v) is 6.09. The summed E-state index contributed by atoms with van der Waals surface area (Å²) in [6, 6.07) is 6.21. The molecule has 1 heterocycles. The Kier molecular flexibility index (Phi) is 3.94. The van der Waals surface area contributed by atoms with Crippen molar-refractivity contribution >= 4 is 5.82 Å². The second-order valence-corrected chi connectivity index (χ2v) is 4.37. The Morgan fingerprint density at radius 3 is 2.94 bits per heavy atom. The summed E-state index contributed by atoms with van der Waals surface area (Å²) in [5.41, 5.74) is 0.642. The summed E-state index contributed by atoms with van der Waals surface area (Å²) in [6.45, 7) is 1.00. The van der Waals surface area contributed by atoms with E-state index in [9.17, 15) is 0 Å². The van der Waals surface area contributed by atoms with E-state index in [1.165, 1.54) is 19.3 Å². The van der Waals surface area contributed by atoms with Gasteiger partial charge < -0.3 is 10.0 Å². The largest absolute Gasteiger partial charge is 0.396 e. The van der Waals surface area contributed by atoms with E-state index < -0.39 is 0 Å². The van der Waals surface area contributed by atoms with Gasteiger partial charge >= 0.3 is 0 Å². The number of nitrogens with zero attached hydrogens (tertiary/aromatic N) is 3. The predicted octanol–water partition coefficient (Wildman–Crippen LogP) is 1.69. The van der Waals surface area contributed by atoms with Gasteiger partial charge in [-0.3, -0.25) is 0 Å². The molecule has 0 aromatic carbocycles. The molecule has 1 fully saturated rings. The van der Waals surface area contributed by atoms with Crippen molar-refractivity contribution in [3.63, 3.8) is 0 Å². The molecule has 0 amide bonds. The highest BCUT2D eigenvalue weighted by atomic mass is 16.3. The van der Waals surface area contributed by atoms with Crippen LogP contribution in [0.4, 0.5) is 5.82 Å². The van der Waals surface area contributed by atoms with E-state index in [1.54, 1.807) is 12.3 Å². The molecule has 4 heteroatoms. The maximum Gasteiger partial charge on any atom is 0.130 e. The highest BCUT2D eigenvalue weighted by molar-refractivity contribution is 5.46. The summed E-state index contributed by atoms with van der Waals surface area (Å²) >= 11 is 0. The van der Waals surface area contributed by atoms with Gasteiger partial charge in [0.1, 0.15) is 5.82 Å². The quantitative estimate of drug-likeness (QED) is 0.837. The van der Waals surface area contributed by atoms with Crippen LogP contribution in [0.25, 0.3) is 0 Å². The van der Waals surface area contributed by atoms with Crippen molar-refractivity contribution in [2.24, 2.45) is 0 Å². The van der Waals surface area contributed by atoms with Gasteiger partial charge in [-0.05, 0) is 37.8 Å². The monoisotopic (exact) mass is 231 g/mol. The van der Waals surface area contributed by atoms with Gasteiger partial charge in [0.15, 0.2) is 0 Å². The first kappa shape index (κ1) is 11.9. The molecule has 0 aliphatic heterocycles. The molecule has 0 radical (unpaired) electrons. The first-order valence-electron chi connectivity index (χ1n) is 6.09. The molecule has 1 aromatic heterocycles. The molecule has 1 saturated carbocycles. The maximum atomic E-state index is 8.94. The zero-order valence-corrected chi connectivity index (χ0v) is 9.84. The van der Waals surface area contributed by atoms with Crippen molar-refractivity contribution in [3.8, 4) is 6.07 Å². The molecule has 1 aromatic rings. The second-order valence-electron chi connectivity index (χ2n) is 4.37. The van der Waals surface area contributed by atoms with Crippen molar-refractivity contribution < 1.29 is 5.11 Å². The van der Waals surface area contributed by atoms with Gasteiger partial charge in [-0.25, -0.2) is 4.98 Å². The van der Waals surface area contributed by atoms with E-state index in [-0.39, 0.29) is 6.61 Å². The Bertz CT molecular complexity index is 409. The van der Waals surface area contributed by atoms with Gasteiger partial charge in [-0.2, -0.15) is 5.26 Å². The molecule has 0 bridgehead atoms. The zero-order chi connectivity index (χ0) is 12.1. The zero-order valence-electron chi connectivity index (χ0n) is 9.84. The fourth-order valence-corrected chi connectivity index (χ4v) is 2.07. The van der Waals surface area contributed by atoms with E-state index >= 15 is 0 Å². The number of aliphatic hydroxyl groups is 1. The van der Waals surface area contributed by atoms with Crippen LogP contribution in [0.3, 0.4) is 0 Å². The van der Waals surface area contributed by atoms with Gasteiger partial charge in [0, 0.05) is 25.4 Å². The molecule has 1 aliphatic rings. The molecule has 1 N–H and O–H groups in total. The molecule has 2 rings (SSSR count). The highest BCUT2D eigenvalue weighted by Gasteiger charge is 2.25. The average Bonchev–Trinajstić information content (AvgIpc) is 2.32. The minimum Gasteiger partial charge on any atom is -0.396 e. The van der Waals surface area contributed by atoms with E-state index in [1.807, 2.05) is 6.07 Å². The fraction of sp³-hybridized carbons (Fsp3) is 0.538. The van der Waals surface area contributed by atoms with Crippen molar-refractivity contribution in [2.75, 3.05) is 18.1 Å². The van der Waals surface area contributed by atoms with Gasteiger partial charge in [0.05, 0.1) is 11.6 Å². The molecule has 0 unspecified atom stereocenters. The Morgan fingerprint density at radius 1 is 1.53 bits per heavy atom. The standard InChI is InChI=1S/C13H17N3O/c14-10-11-5-6-15-13(9-11)16(7-2-8-17)12-3-1-4-12/h5-6,9,12,17H,1-4,7-8H2. The number of nitriles is 1. The third-order valence-corrected chi connectivity index (χ3v) is 3.24. The molecule has 90 valence electrons. The third kappa shape index (κ3) is 2.75. The van der Waals surface area contributed by atoms with Crippen molar-refractivity contribution in [2.45, 2.75) is 31.7 Å². The molecular weight excluding hydrogens is 214 g/mol. The summed E-state index contributed by atoms with van der Waals surface area (Å²) in [5, 5.41) is 17.8. The second kappa shape index (κ2) is 5.65. The van der Waals surface area contributed by atoms with Crippen LogP contribution in [0.1, 0.15) is 31.2 Å². The number of aromatic nitrogens is 1. The van der Waals surface area contributed by atoms with E-state index in [2.05, 4.69) is 16.0 Å².